The number of unbranched alkanes of at least 4 members (excludes halogenated alkanes) is 1. The van der Waals surface area contributed by atoms with E-state index in [2.05, 4.69) is 219 Å². The van der Waals surface area contributed by atoms with E-state index >= 15 is 0 Å². The van der Waals surface area contributed by atoms with Crippen molar-refractivity contribution in [1.82, 2.24) is 0 Å². The Bertz CT molecular complexity index is 1650. The van der Waals surface area contributed by atoms with Crippen molar-refractivity contribution in [3.63, 3.8) is 0 Å². The predicted molar refractivity (Wildman–Crippen MR) is 215 cm³/mol. The van der Waals surface area contributed by atoms with E-state index in [9.17, 15) is 0 Å². The van der Waals surface area contributed by atoms with Gasteiger partial charge in [-0.05, 0) is 42.8 Å². The molecule has 0 atom stereocenters. The van der Waals surface area contributed by atoms with Crippen LogP contribution in [0.15, 0.2) is 212 Å². The van der Waals surface area contributed by atoms with Crippen molar-refractivity contribution in [2.45, 2.75) is 19.8 Å². The van der Waals surface area contributed by atoms with Gasteiger partial charge in [0.05, 0.1) is 6.16 Å². The SMILES string of the molecule is CCCC[P+](c1ccccc1)(c1ccccc1)c1ccccc1.c1ccc([B-](c2ccccc2)(c2ccccc2)c2ccccc2)cc1. The first kappa shape index (κ1) is 33.0. The van der Waals surface area contributed by atoms with E-state index in [1.807, 2.05) is 0 Å². The number of hydrogen-bond acceptors (Lipinski definition) is 0. The summed E-state index contributed by atoms with van der Waals surface area (Å²) in [4.78, 5) is 0. The predicted octanol–water partition coefficient (Wildman–Crippen LogP) is 7.84. The summed E-state index contributed by atoms with van der Waals surface area (Å²) in [6.07, 6.45) is 2.51. The molecule has 0 unspecified atom stereocenters. The molecule has 48 heavy (non-hydrogen) atoms. The molecule has 0 fully saturated rings. The topological polar surface area (TPSA) is 0 Å². The van der Waals surface area contributed by atoms with Gasteiger partial charge in [0.25, 0.3) is 0 Å². The van der Waals surface area contributed by atoms with Gasteiger partial charge < -0.3 is 0 Å². The van der Waals surface area contributed by atoms with Gasteiger partial charge in [0.1, 0.15) is 29.3 Å². The Labute approximate surface area is 288 Å². The molecule has 0 aromatic heterocycles. The zero-order chi connectivity index (χ0) is 32.9. The molecule has 7 aromatic rings. The Hall–Kier alpha value is -4.97. The third kappa shape index (κ3) is 6.84. The molecule has 0 aliphatic heterocycles. The van der Waals surface area contributed by atoms with Crippen LogP contribution in [0.2, 0.25) is 0 Å². The highest BCUT2D eigenvalue weighted by molar-refractivity contribution is 7.95. The maximum atomic E-state index is 2.32. The van der Waals surface area contributed by atoms with E-state index in [4.69, 9.17) is 0 Å². The molecule has 0 bridgehead atoms. The lowest BCUT2D eigenvalue weighted by Crippen LogP contribution is -2.74. The third-order valence-corrected chi connectivity index (χ3v) is 14.2. The molecule has 7 aromatic carbocycles. The van der Waals surface area contributed by atoms with Crippen LogP contribution in [0.4, 0.5) is 0 Å². The first-order valence-electron chi connectivity index (χ1n) is 17.2. The Kier molecular flexibility index (Phi) is 11.1. The second-order valence-electron chi connectivity index (χ2n) is 12.4. The molecule has 0 aliphatic carbocycles. The minimum absolute atomic E-state index is 1.22. The highest BCUT2D eigenvalue weighted by atomic mass is 31.2. The zero-order valence-corrected chi connectivity index (χ0v) is 28.7. The average molecular weight is 639 g/mol. The van der Waals surface area contributed by atoms with Crippen molar-refractivity contribution in [2.24, 2.45) is 0 Å². The molecular formula is C46H44BP. The number of benzene rings is 7. The Morgan fingerprint density at radius 3 is 0.792 bits per heavy atom. The second kappa shape index (κ2) is 16.2. The maximum absolute atomic E-state index is 2.32. The molecule has 0 saturated carbocycles. The van der Waals surface area contributed by atoms with Gasteiger partial charge in [-0.25, -0.2) is 0 Å². The van der Waals surface area contributed by atoms with E-state index in [1.165, 1.54) is 56.8 Å². The van der Waals surface area contributed by atoms with Gasteiger partial charge in [-0.15, -0.1) is 0 Å². The summed E-state index contributed by atoms with van der Waals surface area (Å²) in [6.45, 7) is 2.29. The van der Waals surface area contributed by atoms with E-state index in [0.717, 1.165) is 0 Å². The lowest BCUT2D eigenvalue weighted by molar-refractivity contribution is 0.891. The summed E-state index contributed by atoms with van der Waals surface area (Å²) in [7, 11) is -1.57. The first-order valence-corrected chi connectivity index (χ1v) is 19.2. The molecule has 0 nitrogen and oxygen atoms in total. The molecule has 7 rings (SSSR count). The van der Waals surface area contributed by atoms with Crippen LogP contribution in [0.3, 0.4) is 0 Å². The lowest BCUT2D eigenvalue weighted by atomic mass is 9.13. The van der Waals surface area contributed by atoms with Gasteiger partial charge >= 0.3 is 0 Å². The van der Waals surface area contributed by atoms with Crippen LogP contribution in [0.5, 0.6) is 0 Å². The standard InChI is InChI=1S/C24H20B.C22H24P/c1-5-13-21(14-6-1)25(22-15-7-2-8-16-22,23-17-9-3-10-18-23)24-19-11-4-12-20-24;1-2-3-19-23(20-13-7-4-8-14-20,21-15-9-5-10-16-21)22-17-11-6-12-18-22/h1-20H;4-18H,2-3,19H2,1H3/q-1;+1. The van der Waals surface area contributed by atoms with Crippen LogP contribution < -0.4 is 37.8 Å². The van der Waals surface area contributed by atoms with Crippen LogP contribution in [0.25, 0.3) is 0 Å². The molecular weight excluding hydrogens is 594 g/mol. The fourth-order valence-corrected chi connectivity index (χ4v) is 11.9. The van der Waals surface area contributed by atoms with Crippen LogP contribution in [0, 0.1) is 0 Å². The first-order chi connectivity index (χ1) is 23.8. The maximum Gasteiger partial charge on any atom is 0.112 e. The fraction of sp³-hybridized carbons (Fsp3) is 0.0870. The minimum atomic E-state index is -1.57. The summed E-state index contributed by atoms with van der Waals surface area (Å²) in [6, 6.07) is 76.9. The van der Waals surface area contributed by atoms with Crippen molar-refractivity contribution in [1.29, 1.82) is 0 Å². The molecule has 0 spiro atoms. The normalized spacial score (nSPS) is 11.3. The van der Waals surface area contributed by atoms with E-state index in [-0.39, 0.29) is 0 Å². The van der Waals surface area contributed by atoms with E-state index in [0.29, 0.717) is 0 Å². The molecule has 0 amide bonds. The molecule has 0 N–H and O–H groups in total. The molecule has 0 radical (unpaired) electrons. The van der Waals surface area contributed by atoms with Crippen molar-refractivity contribution in [2.75, 3.05) is 6.16 Å². The highest BCUT2D eigenvalue weighted by Crippen LogP contribution is 2.55. The van der Waals surface area contributed by atoms with Gasteiger partial charge in [0, 0.05) is 0 Å². The fourth-order valence-electron chi connectivity index (χ4n) is 7.40. The summed E-state index contributed by atoms with van der Waals surface area (Å²) >= 11 is 0. The third-order valence-electron chi connectivity index (χ3n) is 9.64. The molecule has 0 aliphatic rings. The number of rotatable bonds is 10. The van der Waals surface area contributed by atoms with Crippen LogP contribution >= 0.6 is 7.26 Å². The van der Waals surface area contributed by atoms with Crippen molar-refractivity contribution < 1.29 is 0 Å². The Morgan fingerprint density at radius 1 is 0.333 bits per heavy atom. The molecule has 0 saturated heterocycles. The Morgan fingerprint density at radius 2 is 0.562 bits per heavy atom. The van der Waals surface area contributed by atoms with Gasteiger partial charge in [0.2, 0.25) is 0 Å². The largest absolute Gasteiger partial charge is 0.195 e. The second-order valence-corrected chi connectivity index (χ2v) is 16.0. The molecule has 236 valence electrons. The number of hydrogen-bond donors (Lipinski definition) is 0. The quantitative estimate of drug-likeness (QED) is 0.106. The van der Waals surface area contributed by atoms with E-state index in [1.54, 1.807) is 0 Å². The smallest absolute Gasteiger partial charge is 0.112 e. The average Bonchev–Trinajstić information content (AvgIpc) is 3.19. The molecule has 2 heteroatoms. The Balaban J connectivity index is 0.000000168. The van der Waals surface area contributed by atoms with Gasteiger partial charge in [-0.2, -0.15) is 21.9 Å². The van der Waals surface area contributed by atoms with Crippen LogP contribution in [-0.4, -0.2) is 12.3 Å². The zero-order valence-electron chi connectivity index (χ0n) is 27.9. The summed E-state index contributed by atoms with van der Waals surface area (Å²) < 4.78 is 0. The van der Waals surface area contributed by atoms with Crippen molar-refractivity contribution in [3.05, 3.63) is 212 Å². The minimum Gasteiger partial charge on any atom is -0.195 e. The molecule has 0 heterocycles. The summed E-state index contributed by atoms with van der Waals surface area (Å²) in [5, 5.41) is 4.47. The van der Waals surface area contributed by atoms with Gasteiger partial charge in [-0.3, -0.25) is 0 Å². The summed E-state index contributed by atoms with van der Waals surface area (Å²) in [5.41, 5.74) is 5.36. The van der Waals surface area contributed by atoms with Crippen molar-refractivity contribution in [3.8, 4) is 0 Å². The van der Waals surface area contributed by atoms with Gasteiger partial charge in [-0.1, -0.05) is 189 Å². The van der Waals surface area contributed by atoms with E-state index < -0.39 is 13.4 Å². The van der Waals surface area contributed by atoms with Crippen LogP contribution in [0.1, 0.15) is 19.8 Å². The van der Waals surface area contributed by atoms with Crippen LogP contribution in [-0.2, 0) is 0 Å². The monoisotopic (exact) mass is 638 g/mol. The lowest BCUT2D eigenvalue weighted by Gasteiger charge is -2.44. The van der Waals surface area contributed by atoms with Gasteiger partial charge in [0.15, 0.2) is 0 Å². The summed E-state index contributed by atoms with van der Waals surface area (Å²) in [5.74, 6) is 0. The van der Waals surface area contributed by atoms with Crippen molar-refractivity contribution >= 4 is 51.2 Å². The highest BCUT2D eigenvalue weighted by Gasteiger charge is 2.44.